The number of nitrogens with zero attached hydrogens (tertiary/aromatic N) is 2. The zero-order valence-corrected chi connectivity index (χ0v) is 17.5. The van der Waals surface area contributed by atoms with E-state index in [1.807, 2.05) is 13.0 Å². The van der Waals surface area contributed by atoms with Gasteiger partial charge in [0.2, 0.25) is 0 Å². The molecule has 0 fully saturated rings. The number of anilines is 1. The van der Waals surface area contributed by atoms with Crippen molar-refractivity contribution in [1.29, 1.82) is 0 Å². The van der Waals surface area contributed by atoms with Crippen molar-refractivity contribution in [3.05, 3.63) is 99.1 Å². The highest BCUT2D eigenvalue weighted by Crippen LogP contribution is 2.32. The molecule has 0 aliphatic heterocycles. The molecular weight excluding hydrogens is 404 g/mol. The highest BCUT2D eigenvalue weighted by Gasteiger charge is 2.34. The largest absolute Gasteiger partial charge is 0.273 e. The van der Waals surface area contributed by atoms with Crippen molar-refractivity contribution in [2.24, 2.45) is 0 Å². The molecule has 0 heterocycles. The number of hydrogen-bond donors (Lipinski definition) is 0. The van der Waals surface area contributed by atoms with Crippen LogP contribution in [0.2, 0.25) is 0 Å². The van der Waals surface area contributed by atoms with Crippen molar-refractivity contribution in [2.75, 3.05) is 4.31 Å². The maximum atomic E-state index is 13.5. The Balaban J connectivity index is 2.29. The molecule has 0 aromatic heterocycles. The van der Waals surface area contributed by atoms with Crippen LogP contribution in [-0.4, -0.2) is 19.2 Å². The number of amides is 1. The average molecular weight is 424 g/mol. The lowest BCUT2D eigenvalue weighted by Gasteiger charge is -2.25. The van der Waals surface area contributed by atoms with Gasteiger partial charge in [0.1, 0.15) is 0 Å². The average Bonchev–Trinajstić information content (AvgIpc) is 2.71. The van der Waals surface area contributed by atoms with Gasteiger partial charge in [-0.1, -0.05) is 36.4 Å². The van der Waals surface area contributed by atoms with Crippen molar-refractivity contribution in [1.82, 2.24) is 0 Å². The molecule has 0 saturated carbocycles. The fourth-order valence-electron chi connectivity index (χ4n) is 3.16. The van der Waals surface area contributed by atoms with E-state index < -0.39 is 20.9 Å². The molecule has 154 valence electrons. The predicted octanol–water partition coefficient (Wildman–Crippen LogP) is 4.56. The first-order chi connectivity index (χ1) is 14.2. The fourth-order valence-corrected chi connectivity index (χ4v) is 4.65. The van der Waals surface area contributed by atoms with Gasteiger partial charge in [-0.2, -0.15) is 4.31 Å². The van der Waals surface area contributed by atoms with Crippen LogP contribution in [0.1, 0.15) is 27.0 Å². The van der Waals surface area contributed by atoms with E-state index in [9.17, 15) is 23.3 Å². The first-order valence-electron chi connectivity index (χ1n) is 9.11. The second-order valence-electron chi connectivity index (χ2n) is 6.81. The van der Waals surface area contributed by atoms with Gasteiger partial charge in [-0.05, 0) is 56.2 Å². The summed E-state index contributed by atoms with van der Waals surface area (Å²) in [5.74, 6) is -0.853. The molecule has 30 heavy (non-hydrogen) atoms. The lowest BCUT2D eigenvalue weighted by molar-refractivity contribution is -0.385. The van der Waals surface area contributed by atoms with Crippen molar-refractivity contribution >= 4 is 27.3 Å². The maximum Gasteiger partial charge on any atom is 0.273 e. The van der Waals surface area contributed by atoms with Gasteiger partial charge in [0.25, 0.3) is 21.6 Å². The minimum Gasteiger partial charge on any atom is -0.268 e. The van der Waals surface area contributed by atoms with Crippen LogP contribution in [0.4, 0.5) is 11.4 Å². The summed E-state index contributed by atoms with van der Waals surface area (Å²) in [5, 5.41) is 11.3. The van der Waals surface area contributed by atoms with Gasteiger partial charge in [0, 0.05) is 11.6 Å². The van der Waals surface area contributed by atoms with E-state index >= 15 is 0 Å². The summed E-state index contributed by atoms with van der Waals surface area (Å²) in [6.45, 7) is 4.97. The van der Waals surface area contributed by atoms with E-state index in [4.69, 9.17) is 0 Å². The van der Waals surface area contributed by atoms with Crippen LogP contribution in [0, 0.1) is 30.9 Å². The van der Waals surface area contributed by atoms with Crippen LogP contribution < -0.4 is 4.31 Å². The number of sulfonamides is 1. The summed E-state index contributed by atoms with van der Waals surface area (Å²) in [5.41, 5.74) is 1.43. The quantitative estimate of drug-likeness (QED) is 0.442. The van der Waals surface area contributed by atoms with Crippen molar-refractivity contribution in [3.63, 3.8) is 0 Å². The monoisotopic (exact) mass is 424 g/mol. The number of carbonyl (C=O) groups is 1. The summed E-state index contributed by atoms with van der Waals surface area (Å²) in [4.78, 5) is 24.2. The van der Waals surface area contributed by atoms with Gasteiger partial charge in [0.05, 0.1) is 21.1 Å². The number of aryl methyl sites for hydroxylation is 1. The van der Waals surface area contributed by atoms with E-state index in [1.54, 1.807) is 37.3 Å². The molecule has 0 N–H and O–H groups in total. The fraction of sp³-hybridized carbons (Fsp3) is 0.136. The van der Waals surface area contributed by atoms with E-state index in [0.717, 1.165) is 9.87 Å². The van der Waals surface area contributed by atoms with E-state index in [2.05, 4.69) is 0 Å². The van der Waals surface area contributed by atoms with E-state index in [0.29, 0.717) is 5.56 Å². The topological polar surface area (TPSA) is 97.6 Å². The standard InChI is InChI=1S/C22H20N2O5S/c1-15-9-7-13-20(16(15)2)23(30(28,29)18-10-5-4-6-11-18)22(25)19-12-8-14-21(17(19)3)24(26)27/h4-14H,1-3H3. The molecule has 3 rings (SSSR count). The third-order valence-corrected chi connectivity index (χ3v) is 6.70. The number of nitro groups is 1. The molecular formula is C22H20N2O5S. The normalized spacial score (nSPS) is 11.2. The molecule has 0 unspecified atom stereocenters. The Bertz CT molecular complexity index is 1240. The lowest BCUT2D eigenvalue weighted by Crippen LogP contribution is -2.38. The summed E-state index contributed by atoms with van der Waals surface area (Å²) in [6.07, 6.45) is 0. The van der Waals surface area contributed by atoms with Gasteiger partial charge < -0.3 is 0 Å². The number of carbonyl (C=O) groups excluding carboxylic acids is 1. The molecule has 3 aromatic carbocycles. The molecule has 0 radical (unpaired) electrons. The number of rotatable bonds is 5. The Hall–Kier alpha value is -3.52. The zero-order chi connectivity index (χ0) is 22.1. The molecule has 8 heteroatoms. The molecule has 0 bridgehead atoms. The van der Waals surface area contributed by atoms with Gasteiger partial charge in [0.15, 0.2) is 0 Å². The van der Waals surface area contributed by atoms with Crippen LogP contribution in [0.5, 0.6) is 0 Å². The molecule has 7 nitrogen and oxygen atoms in total. The SMILES string of the molecule is Cc1cccc(N(C(=O)c2cccc([N+](=O)[O-])c2C)S(=O)(=O)c2ccccc2)c1C. The van der Waals surface area contributed by atoms with Gasteiger partial charge in [-0.15, -0.1) is 0 Å². The molecule has 0 atom stereocenters. The Kier molecular flexibility index (Phi) is 5.71. The smallest absolute Gasteiger partial charge is 0.268 e. The Morgan fingerprint density at radius 2 is 1.50 bits per heavy atom. The van der Waals surface area contributed by atoms with Crippen molar-refractivity contribution in [3.8, 4) is 0 Å². The van der Waals surface area contributed by atoms with Gasteiger partial charge in [-0.3, -0.25) is 14.9 Å². The minimum absolute atomic E-state index is 0.0513. The van der Waals surface area contributed by atoms with Crippen molar-refractivity contribution in [2.45, 2.75) is 25.7 Å². The third kappa shape index (κ3) is 3.69. The van der Waals surface area contributed by atoms with Crippen LogP contribution >= 0.6 is 0 Å². The Morgan fingerprint density at radius 3 is 2.13 bits per heavy atom. The summed E-state index contributed by atoms with van der Waals surface area (Å²) >= 11 is 0. The van der Waals surface area contributed by atoms with Crippen LogP contribution in [0.25, 0.3) is 0 Å². The van der Waals surface area contributed by atoms with Gasteiger partial charge in [-0.25, -0.2) is 8.42 Å². The third-order valence-electron chi connectivity index (χ3n) is 4.99. The number of nitro benzene ring substituents is 1. The number of benzene rings is 3. The maximum absolute atomic E-state index is 13.5. The second-order valence-corrected chi connectivity index (χ2v) is 8.60. The molecule has 0 aliphatic rings. The molecule has 3 aromatic rings. The van der Waals surface area contributed by atoms with Crippen LogP contribution in [-0.2, 0) is 10.0 Å². The first-order valence-corrected chi connectivity index (χ1v) is 10.5. The van der Waals surface area contributed by atoms with Crippen LogP contribution in [0.15, 0.2) is 71.6 Å². The molecule has 1 amide bonds. The predicted molar refractivity (Wildman–Crippen MR) is 114 cm³/mol. The number of hydrogen-bond acceptors (Lipinski definition) is 5. The highest BCUT2D eigenvalue weighted by atomic mass is 32.2. The van der Waals surface area contributed by atoms with Crippen molar-refractivity contribution < 1.29 is 18.1 Å². The van der Waals surface area contributed by atoms with Gasteiger partial charge >= 0.3 is 0 Å². The summed E-state index contributed by atoms with van der Waals surface area (Å²) in [7, 11) is -4.28. The minimum atomic E-state index is -4.28. The molecule has 0 saturated heterocycles. The Labute approximate surface area is 174 Å². The molecule has 0 aliphatic carbocycles. The van der Waals surface area contributed by atoms with E-state index in [1.165, 1.54) is 37.3 Å². The second kappa shape index (κ2) is 8.08. The first kappa shape index (κ1) is 21.2. The zero-order valence-electron chi connectivity index (χ0n) is 16.7. The summed E-state index contributed by atoms with van der Waals surface area (Å²) in [6, 6.07) is 16.7. The van der Waals surface area contributed by atoms with E-state index in [-0.39, 0.29) is 27.4 Å². The summed E-state index contributed by atoms with van der Waals surface area (Å²) < 4.78 is 27.8. The Morgan fingerprint density at radius 1 is 0.867 bits per heavy atom. The highest BCUT2D eigenvalue weighted by molar-refractivity contribution is 7.93. The lowest BCUT2D eigenvalue weighted by atomic mass is 10.0. The molecule has 0 spiro atoms. The van der Waals surface area contributed by atoms with Crippen LogP contribution in [0.3, 0.4) is 0 Å².